The third kappa shape index (κ3) is 5.00. The van der Waals surface area contributed by atoms with Gasteiger partial charge >= 0.3 is 12.8 Å². The summed E-state index contributed by atoms with van der Waals surface area (Å²) in [6.07, 6.45) is 0.235. The van der Waals surface area contributed by atoms with Crippen molar-refractivity contribution in [3.8, 4) is 0 Å². The minimum Gasteiger partial charge on any atom is -0.433 e. The van der Waals surface area contributed by atoms with Crippen molar-refractivity contribution in [1.82, 2.24) is 14.8 Å². The molecule has 0 saturated heterocycles. The predicted octanol–water partition coefficient (Wildman–Crippen LogP) is 5.23. The number of ether oxygens (including phenoxy) is 1. The molecule has 3 heterocycles. The van der Waals surface area contributed by atoms with Crippen molar-refractivity contribution in [2.45, 2.75) is 52.6 Å². The van der Waals surface area contributed by atoms with Crippen LogP contribution >= 0.6 is 0 Å². The second-order valence-corrected chi connectivity index (χ2v) is 8.18. The number of halogens is 5. The summed E-state index contributed by atoms with van der Waals surface area (Å²) in [6, 6.07) is 1.62. The Morgan fingerprint density at radius 3 is 2.62 bits per heavy atom. The quantitative estimate of drug-likeness (QED) is 0.234. The highest BCUT2D eigenvalue weighted by Crippen LogP contribution is 2.42. The van der Waals surface area contributed by atoms with E-state index >= 15 is 0 Å². The number of aliphatic imine (C=N–C) groups is 1. The number of hydrogen-bond donors (Lipinski definition) is 0. The molecule has 1 amide bonds. The Labute approximate surface area is 192 Å². The number of amides is 1. The first-order chi connectivity index (χ1) is 15.7. The number of fused-ring (bicyclic) bond motifs is 1. The van der Waals surface area contributed by atoms with Crippen LogP contribution in [-0.4, -0.2) is 40.2 Å². The number of aromatic nitrogens is 3. The lowest BCUT2D eigenvalue weighted by atomic mass is 9.96. The molecule has 0 spiro atoms. The molecule has 3 rings (SSSR count). The summed E-state index contributed by atoms with van der Waals surface area (Å²) in [5.74, 6) is -0.654. The van der Waals surface area contributed by atoms with E-state index in [-0.39, 0.29) is 11.4 Å². The van der Waals surface area contributed by atoms with Crippen molar-refractivity contribution in [1.29, 1.82) is 0 Å². The minimum atomic E-state index is -4.46. The number of rotatable bonds is 7. The van der Waals surface area contributed by atoms with Gasteiger partial charge in [0.2, 0.25) is 0 Å². The normalized spacial score (nSPS) is 16.3. The lowest BCUT2D eigenvalue weighted by molar-refractivity contribution is -0.142. The zero-order chi connectivity index (χ0) is 25.4. The van der Waals surface area contributed by atoms with Crippen LogP contribution in [0, 0.1) is 6.92 Å². The Hall–Kier alpha value is -3.57. The predicted molar refractivity (Wildman–Crippen MR) is 115 cm³/mol. The molecule has 2 aromatic rings. The van der Waals surface area contributed by atoms with E-state index in [0.29, 0.717) is 32.8 Å². The minimum absolute atomic E-state index is 0.193. The maximum atomic E-state index is 13.3. The molecular weight excluding hydrogens is 461 g/mol. The Bertz CT molecular complexity index is 1180. The first-order valence-electron chi connectivity index (χ1n) is 10.00. The van der Waals surface area contributed by atoms with Crippen LogP contribution in [-0.2, 0) is 16.8 Å². The molecule has 1 aliphatic rings. The van der Waals surface area contributed by atoms with E-state index in [9.17, 15) is 26.7 Å². The van der Waals surface area contributed by atoms with Gasteiger partial charge in [0.1, 0.15) is 12.3 Å². The van der Waals surface area contributed by atoms with Crippen molar-refractivity contribution in [3.05, 3.63) is 59.0 Å². The number of alkyl halides is 5. The molecule has 0 saturated carbocycles. The molecule has 0 radical (unpaired) electrons. The van der Waals surface area contributed by atoms with Crippen molar-refractivity contribution < 1.29 is 31.5 Å². The molecular formula is C22H22F5N5O2. The van der Waals surface area contributed by atoms with Crippen LogP contribution in [0.4, 0.5) is 27.6 Å². The van der Waals surface area contributed by atoms with Crippen LogP contribution in [0.1, 0.15) is 48.1 Å². The summed E-state index contributed by atoms with van der Waals surface area (Å²) in [4.78, 5) is 22.7. The molecule has 0 unspecified atom stereocenters. The summed E-state index contributed by atoms with van der Waals surface area (Å²) < 4.78 is 68.7. The zero-order valence-electron chi connectivity index (χ0n) is 18.8. The molecule has 0 aromatic carbocycles. The standard InChI is InChI=1S/C22H22F5N5O2/c1-12(6-15(9-28-5)34-20(23)24)16-7-13(2)17-18(30-16)21(3,4)32(19(17)33)14-8-29-31(10-14)11-22(25,26)27/h6-10,20H,5,11H2,1-4H3/b12-6+,15-9+. The van der Waals surface area contributed by atoms with Gasteiger partial charge in [0.05, 0.1) is 40.6 Å². The van der Waals surface area contributed by atoms with Gasteiger partial charge in [-0.05, 0) is 57.7 Å². The maximum absolute atomic E-state index is 13.3. The summed E-state index contributed by atoms with van der Waals surface area (Å²) in [5.41, 5.74) is 1.31. The summed E-state index contributed by atoms with van der Waals surface area (Å²) in [5, 5.41) is 3.73. The van der Waals surface area contributed by atoms with E-state index in [1.165, 1.54) is 17.2 Å². The van der Waals surface area contributed by atoms with Crippen LogP contribution in [0.25, 0.3) is 5.57 Å². The first kappa shape index (κ1) is 25.1. The number of carbonyl (C=O) groups is 1. The molecule has 0 bridgehead atoms. The molecule has 34 heavy (non-hydrogen) atoms. The molecule has 1 aliphatic heterocycles. The number of anilines is 1. The van der Waals surface area contributed by atoms with Gasteiger partial charge in [0.15, 0.2) is 0 Å². The van der Waals surface area contributed by atoms with Gasteiger partial charge < -0.3 is 4.74 Å². The highest BCUT2D eigenvalue weighted by Gasteiger charge is 2.47. The third-order valence-electron chi connectivity index (χ3n) is 5.20. The Kier molecular flexibility index (Phi) is 6.63. The van der Waals surface area contributed by atoms with E-state index in [4.69, 9.17) is 0 Å². The Morgan fingerprint density at radius 2 is 2.03 bits per heavy atom. The third-order valence-corrected chi connectivity index (χ3v) is 5.20. The van der Waals surface area contributed by atoms with Gasteiger partial charge in [-0.3, -0.25) is 19.4 Å². The van der Waals surface area contributed by atoms with E-state index in [2.05, 4.69) is 26.5 Å². The summed E-state index contributed by atoms with van der Waals surface area (Å²) >= 11 is 0. The second-order valence-electron chi connectivity index (χ2n) is 8.18. The largest absolute Gasteiger partial charge is 0.433 e. The van der Waals surface area contributed by atoms with Crippen LogP contribution in [0.2, 0.25) is 0 Å². The van der Waals surface area contributed by atoms with E-state index in [1.807, 2.05) is 0 Å². The van der Waals surface area contributed by atoms with E-state index < -0.39 is 30.8 Å². The van der Waals surface area contributed by atoms with Crippen molar-refractivity contribution >= 4 is 23.9 Å². The zero-order valence-corrected chi connectivity index (χ0v) is 18.8. The van der Waals surface area contributed by atoms with E-state index in [0.717, 1.165) is 12.4 Å². The number of carbonyl (C=O) groups excluding carboxylic acids is 1. The van der Waals surface area contributed by atoms with Gasteiger partial charge in [-0.1, -0.05) is 0 Å². The van der Waals surface area contributed by atoms with Gasteiger partial charge in [0.25, 0.3) is 5.91 Å². The molecule has 0 atom stereocenters. The van der Waals surface area contributed by atoms with Crippen molar-refractivity contribution in [2.75, 3.05) is 4.90 Å². The van der Waals surface area contributed by atoms with Crippen LogP contribution in [0.15, 0.2) is 41.5 Å². The van der Waals surface area contributed by atoms with Gasteiger partial charge in [0, 0.05) is 6.20 Å². The van der Waals surface area contributed by atoms with Crippen LogP contribution in [0.5, 0.6) is 0 Å². The van der Waals surface area contributed by atoms with Gasteiger partial charge in [-0.15, -0.1) is 0 Å². The molecule has 2 aromatic heterocycles. The Balaban J connectivity index is 2.02. The average Bonchev–Trinajstić information content (AvgIpc) is 3.19. The summed E-state index contributed by atoms with van der Waals surface area (Å²) in [7, 11) is 0. The number of hydrogen-bond acceptors (Lipinski definition) is 5. The van der Waals surface area contributed by atoms with Gasteiger partial charge in [-0.25, -0.2) is 4.98 Å². The molecule has 0 N–H and O–H groups in total. The number of pyridine rings is 1. The molecule has 0 aliphatic carbocycles. The molecule has 0 fully saturated rings. The smallest absolute Gasteiger partial charge is 0.408 e. The van der Waals surface area contributed by atoms with Crippen LogP contribution in [0.3, 0.4) is 0 Å². The Morgan fingerprint density at radius 1 is 1.35 bits per heavy atom. The molecule has 12 heteroatoms. The summed E-state index contributed by atoms with van der Waals surface area (Å²) in [6.45, 7) is 5.62. The molecule has 182 valence electrons. The fraction of sp³-hybridized carbons (Fsp3) is 0.364. The lowest BCUT2D eigenvalue weighted by Gasteiger charge is -2.30. The molecule has 7 nitrogen and oxygen atoms in total. The number of nitrogens with zero attached hydrogens (tertiary/aromatic N) is 5. The lowest BCUT2D eigenvalue weighted by Crippen LogP contribution is -2.39. The fourth-order valence-electron chi connectivity index (χ4n) is 3.82. The number of allylic oxidation sites excluding steroid dienone is 2. The van der Waals surface area contributed by atoms with Gasteiger partial charge in [-0.2, -0.15) is 27.1 Å². The van der Waals surface area contributed by atoms with Crippen LogP contribution < -0.4 is 4.90 Å². The SMILES string of the molecule is C=N/C=C(\C=C(/C)c1cc(C)c2c(n1)C(C)(C)N(c1cnn(CC(F)(F)F)c1)C2=O)OC(F)F. The highest BCUT2D eigenvalue weighted by atomic mass is 19.4. The first-order valence-corrected chi connectivity index (χ1v) is 10.00. The highest BCUT2D eigenvalue weighted by molar-refractivity contribution is 6.12. The topological polar surface area (TPSA) is 72.6 Å². The number of aryl methyl sites for hydroxylation is 1. The fourth-order valence-corrected chi connectivity index (χ4v) is 3.82. The monoisotopic (exact) mass is 483 g/mol. The average molecular weight is 483 g/mol. The maximum Gasteiger partial charge on any atom is 0.408 e. The van der Waals surface area contributed by atoms with Crippen molar-refractivity contribution in [3.63, 3.8) is 0 Å². The van der Waals surface area contributed by atoms with E-state index in [1.54, 1.807) is 33.8 Å². The van der Waals surface area contributed by atoms with Crippen molar-refractivity contribution in [2.24, 2.45) is 4.99 Å². The second kappa shape index (κ2) is 8.99.